The average molecular weight is 587 g/mol. The van der Waals surface area contributed by atoms with Gasteiger partial charge in [-0.15, -0.1) is 0 Å². The molecule has 0 aliphatic carbocycles. The summed E-state index contributed by atoms with van der Waals surface area (Å²) in [6.45, 7) is 10.3. The Morgan fingerprint density at radius 1 is 1.19 bits per heavy atom. The van der Waals surface area contributed by atoms with Crippen molar-refractivity contribution in [2.24, 2.45) is 5.73 Å². The van der Waals surface area contributed by atoms with Crippen molar-refractivity contribution in [1.82, 2.24) is 20.1 Å². The van der Waals surface area contributed by atoms with Crippen LogP contribution >= 0.6 is 0 Å². The van der Waals surface area contributed by atoms with Crippen molar-refractivity contribution >= 4 is 17.5 Å². The summed E-state index contributed by atoms with van der Waals surface area (Å²) in [5.41, 5.74) is 7.31. The second-order valence-electron chi connectivity index (χ2n) is 12.4. The zero-order valence-electron chi connectivity index (χ0n) is 24.4. The summed E-state index contributed by atoms with van der Waals surface area (Å²) in [5.74, 6) is -0.530. The maximum atomic E-state index is 13.9. The second kappa shape index (κ2) is 12.2. The van der Waals surface area contributed by atoms with E-state index in [1.54, 1.807) is 23.1 Å². The molecule has 0 spiro atoms. The van der Waals surface area contributed by atoms with Gasteiger partial charge in [0.1, 0.15) is 6.10 Å². The monoisotopic (exact) mass is 586 g/mol. The molecule has 5 rings (SSSR count). The predicted molar refractivity (Wildman–Crippen MR) is 155 cm³/mol. The number of nitrogens with two attached hydrogens (primary N) is 1. The first-order chi connectivity index (χ1) is 19.9. The molecule has 2 aromatic rings. The van der Waals surface area contributed by atoms with Crippen LogP contribution in [0.5, 0.6) is 0 Å². The lowest BCUT2D eigenvalue weighted by molar-refractivity contribution is -0.135. The van der Waals surface area contributed by atoms with Crippen LogP contribution in [0.25, 0.3) is 0 Å². The number of carbonyl (C=O) groups is 2. The molecule has 2 saturated heterocycles. The molecule has 12 heteroatoms. The number of halogens is 2. The summed E-state index contributed by atoms with van der Waals surface area (Å²) in [6.07, 6.45) is -2.92. The molecule has 0 bridgehead atoms. The molecule has 3 atom stereocenters. The van der Waals surface area contributed by atoms with Crippen LogP contribution in [0.2, 0.25) is 0 Å². The number of hydrogen-bond acceptors (Lipinski definition) is 7. The molecule has 3 aliphatic heterocycles. The normalized spacial score (nSPS) is 24.6. The molecule has 4 heterocycles. The molecule has 1 aromatic carbocycles. The van der Waals surface area contributed by atoms with Crippen LogP contribution in [0, 0.1) is 0 Å². The minimum atomic E-state index is -2.55. The van der Waals surface area contributed by atoms with E-state index in [9.17, 15) is 23.2 Å². The lowest BCUT2D eigenvalue weighted by atomic mass is 9.91. The quantitative estimate of drug-likeness (QED) is 0.427. The summed E-state index contributed by atoms with van der Waals surface area (Å²) in [5, 5.41) is 3.51. The number of primary amides is 1. The molecule has 1 aromatic heterocycles. The molecule has 10 nitrogen and oxygen atoms in total. The number of carbonyl (C=O) groups excluding carboxylic acids is 2. The number of nitrogens with zero attached hydrogens (tertiary/aromatic N) is 3. The number of piperazine rings is 1. The summed E-state index contributed by atoms with van der Waals surface area (Å²) >= 11 is 0. The zero-order chi connectivity index (χ0) is 30.2. The number of aromatic nitrogens is 1. The van der Waals surface area contributed by atoms with Crippen molar-refractivity contribution < 1.29 is 23.1 Å². The fourth-order valence-corrected chi connectivity index (χ4v) is 6.21. The summed E-state index contributed by atoms with van der Waals surface area (Å²) in [7, 11) is 0. The highest BCUT2D eigenvalue weighted by atomic mass is 19.3. The van der Waals surface area contributed by atoms with Gasteiger partial charge in [-0.25, -0.2) is 8.78 Å². The van der Waals surface area contributed by atoms with Gasteiger partial charge in [-0.3, -0.25) is 24.2 Å². The van der Waals surface area contributed by atoms with Crippen LogP contribution in [-0.2, 0) is 26.2 Å². The molecule has 0 radical (unpaired) electrons. The van der Waals surface area contributed by atoms with Gasteiger partial charge in [0.05, 0.1) is 18.8 Å². The number of rotatable bonds is 8. The van der Waals surface area contributed by atoms with Crippen molar-refractivity contribution in [3.05, 3.63) is 63.1 Å². The van der Waals surface area contributed by atoms with Gasteiger partial charge in [-0.1, -0.05) is 38.1 Å². The first-order valence-electron chi connectivity index (χ1n) is 14.5. The van der Waals surface area contributed by atoms with Gasteiger partial charge in [0.15, 0.2) is 0 Å². The highest BCUT2D eigenvalue weighted by Gasteiger charge is 2.41. The van der Waals surface area contributed by atoms with E-state index < -0.39 is 23.9 Å². The molecular weight excluding hydrogens is 546 g/mol. The van der Waals surface area contributed by atoms with Gasteiger partial charge in [0.25, 0.3) is 12.0 Å². The molecule has 3 aliphatic rings. The Balaban J connectivity index is 1.33. The third kappa shape index (κ3) is 6.56. The lowest BCUT2D eigenvalue weighted by Gasteiger charge is -2.43. The number of anilines is 1. The molecule has 4 N–H and O–H groups in total. The topological polar surface area (TPSA) is 124 Å². The van der Waals surface area contributed by atoms with E-state index in [-0.39, 0.29) is 42.1 Å². The SMILES string of the molecule is C[C@@H]1CN(CC(=O)N2CC(C)(C)c3[nH]c(=O)c(Cc4ccc(C(F)F)cc4)cc32)[C@@H](CN2CCOC(C(N)=O)C2)CN1. The smallest absolute Gasteiger partial charge is 0.263 e. The fraction of sp³-hybridized carbons (Fsp3) is 0.567. The Morgan fingerprint density at radius 2 is 1.93 bits per heavy atom. The van der Waals surface area contributed by atoms with Crippen LogP contribution in [0.15, 0.2) is 35.1 Å². The number of H-pyrrole nitrogens is 1. The minimum Gasteiger partial charge on any atom is -0.367 e. The number of alkyl halides is 2. The van der Waals surface area contributed by atoms with Gasteiger partial charge in [0, 0.05) is 80.0 Å². The largest absolute Gasteiger partial charge is 0.367 e. The minimum absolute atomic E-state index is 0.0502. The molecule has 1 unspecified atom stereocenters. The molecule has 228 valence electrons. The lowest BCUT2D eigenvalue weighted by Crippen LogP contribution is -2.62. The standard InChI is InChI=1S/C30H40F2N6O4/c1-18-13-37(22(12-34-18)14-36-8-9-42-24(15-36)28(33)40)16-25(39)38-17-30(2,3)26-23(38)11-21(29(41)35-26)10-19-4-6-20(7-5-19)27(31)32/h4-7,11,18,22,24,27,34H,8-10,12-17H2,1-3H3,(H2,33,40)(H,35,41)/t18-,22-,24?/m1/s1. The number of fused-ring (bicyclic) bond motifs is 1. The van der Waals surface area contributed by atoms with Crippen molar-refractivity contribution in [3.8, 4) is 0 Å². The van der Waals surface area contributed by atoms with Crippen molar-refractivity contribution in [1.29, 1.82) is 0 Å². The highest BCUT2D eigenvalue weighted by molar-refractivity contribution is 5.97. The van der Waals surface area contributed by atoms with Gasteiger partial charge >= 0.3 is 0 Å². The number of amides is 2. The number of morpholine rings is 1. The third-order valence-corrected chi connectivity index (χ3v) is 8.55. The Kier molecular flexibility index (Phi) is 8.79. The van der Waals surface area contributed by atoms with E-state index >= 15 is 0 Å². The second-order valence-corrected chi connectivity index (χ2v) is 12.4. The maximum absolute atomic E-state index is 13.9. The van der Waals surface area contributed by atoms with Crippen molar-refractivity contribution in [2.45, 2.75) is 57.2 Å². The maximum Gasteiger partial charge on any atom is 0.263 e. The Hall–Kier alpha value is -3.19. The van der Waals surface area contributed by atoms with Crippen LogP contribution in [0.4, 0.5) is 14.5 Å². The van der Waals surface area contributed by atoms with E-state index in [4.69, 9.17) is 10.5 Å². The Bertz CT molecular complexity index is 1360. The molecule has 2 amide bonds. The predicted octanol–water partition coefficient (Wildman–Crippen LogP) is 1.38. The van der Waals surface area contributed by atoms with E-state index in [0.717, 1.165) is 5.56 Å². The van der Waals surface area contributed by atoms with E-state index in [1.165, 1.54) is 12.1 Å². The molecular formula is C30H40F2N6O4. The number of hydrogen-bond donors (Lipinski definition) is 3. The molecule has 0 saturated carbocycles. The number of nitrogens with one attached hydrogen (secondary N) is 2. The van der Waals surface area contributed by atoms with Crippen molar-refractivity contribution in [2.75, 3.05) is 57.3 Å². The van der Waals surface area contributed by atoms with Crippen LogP contribution in [-0.4, -0.2) is 97.2 Å². The third-order valence-electron chi connectivity index (χ3n) is 8.55. The molecule has 2 fully saturated rings. The summed E-state index contributed by atoms with van der Waals surface area (Å²) in [6, 6.07) is 7.98. The van der Waals surface area contributed by atoms with Gasteiger partial charge < -0.3 is 25.7 Å². The van der Waals surface area contributed by atoms with Gasteiger partial charge in [-0.05, 0) is 18.6 Å². The zero-order valence-corrected chi connectivity index (χ0v) is 24.4. The Labute approximate surface area is 244 Å². The van der Waals surface area contributed by atoms with Gasteiger partial charge in [-0.2, -0.15) is 0 Å². The first kappa shape index (κ1) is 30.3. The number of benzene rings is 1. The molecule has 42 heavy (non-hydrogen) atoms. The highest BCUT2D eigenvalue weighted by Crippen LogP contribution is 2.39. The fourth-order valence-electron chi connectivity index (χ4n) is 6.21. The van der Waals surface area contributed by atoms with E-state index in [1.807, 2.05) is 13.8 Å². The van der Waals surface area contributed by atoms with Crippen molar-refractivity contribution in [3.63, 3.8) is 0 Å². The van der Waals surface area contributed by atoms with Crippen LogP contribution < -0.4 is 21.5 Å². The van der Waals surface area contributed by atoms with Gasteiger partial charge in [0.2, 0.25) is 11.8 Å². The number of pyridine rings is 1. The first-order valence-corrected chi connectivity index (χ1v) is 14.5. The van der Waals surface area contributed by atoms with Crippen LogP contribution in [0.1, 0.15) is 49.6 Å². The van der Waals surface area contributed by atoms with Crippen LogP contribution in [0.3, 0.4) is 0 Å². The van der Waals surface area contributed by atoms with E-state index in [2.05, 4.69) is 27.0 Å². The summed E-state index contributed by atoms with van der Waals surface area (Å²) < 4.78 is 31.5. The van der Waals surface area contributed by atoms with E-state index in [0.29, 0.717) is 62.8 Å². The Morgan fingerprint density at radius 3 is 2.62 bits per heavy atom. The summed E-state index contributed by atoms with van der Waals surface area (Å²) in [4.78, 5) is 47.8. The average Bonchev–Trinajstić information content (AvgIpc) is 3.20. The number of ether oxygens (including phenoxy) is 1. The number of aromatic amines is 1.